The first-order valence-electron chi connectivity index (χ1n) is 6.77. The van der Waals surface area contributed by atoms with E-state index in [1.807, 2.05) is 12.3 Å². The van der Waals surface area contributed by atoms with Crippen molar-refractivity contribution in [3.8, 4) is 0 Å². The van der Waals surface area contributed by atoms with Gasteiger partial charge in [0.15, 0.2) is 0 Å². The molecule has 2 aromatic rings. The Hall–Kier alpha value is -1.91. The molecule has 1 aliphatic heterocycles. The standard InChI is InChI=1S/C14H19N5/c1-11(2)13-15-6-7-18(13)8-12-9-19(10-12)14-16-4-3-5-17-14/h3-7,11-12H,8-10H2,1-2H3. The zero-order valence-corrected chi connectivity index (χ0v) is 11.4. The summed E-state index contributed by atoms with van der Waals surface area (Å²) < 4.78 is 2.28. The van der Waals surface area contributed by atoms with Crippen molar-refractivity contribution in [2.24, 2.45) is 5.92 Å². The predicted molar refractivity (Wildman–Crippen MR) is 74.1 cm³/mol. The maximum absolute atomic E-state index is 4.43. The molecule has 3 heterocycles. The zero-order chi connectivity index (χ0) is 13.2. The number of anilines is 1. The fourth-order valence-electron chi connectivity index (χ4n) is 2.56. The third kappa shape index (κ3) is 2.45. The molecule has 1 aliphatic rings. The number of hydrogen-bond donors (Lipinski definition) is 0. The SMILES string of the molecule is CC(C)c1nccn1CC1CN(c2ncccn2)C1. The van der Waals surface area contributed by atoms with Crippen molar-refractivity contribution in [3.05, 3.63) is 36.7 Å². The molecule has 0 spiro atoms. The Morgan fingerprint density at radius 2 is 1.89 bits per heavy atom. The number of nitrogens with zero attached hydrogens (tertiary/aromatic N) is 5. The number of imidazole rings is 1. The van der Waals surface area contributed by atoms with Gasteiger partial charge in [-0.1, -0.05) is 13.8 Å². The van der Waals surface area contributed by atoms with Crippen LogP contribution in [-0.2, 0) is 6.54 Å². The van der Waals surface area contributed by atoms with Crippen LogP contribution in [0.4, 0.5) is 5.95 Å². The molecule has 0 amide bonds. The molecule has 19 heavy (non-hydrogen) atoms. The zero-order valence-electron chi connectivity index (χ0n) is 11.4. The van der Waals surface area contributed by atoms with Crippen molar-refractivity contribution in [3.63, 3.8) is 0 Å². The van der Waals surface area contributed by atoms with E-state index in [2.05, 4.69) is 44.5 Å². The minimum Gasteiger partial charge on any atom is -0.340 e. The summed E-state index contributed by atoms with van der Waals surface area (Å²) in [5.74, 6) is 3.15. The fraction of sp³-hybridized carbons (Fsp3) is 0.500. The van der Waals surface area contributed by atoms with Gasteiger partial charge in [-0.15, -0.1) is 0 Å². The van der Waals surface area contributed by atoms with E-state index in [0.717, 1.165) is 25.6 Å². The van der Waals surface area contributed by atoms with E-state index in [1.54, 1.807) is 12.4 Å². The Labute approximate surface area is 113 Å². The van der Waals surface area contributed by atoms with Crippen LogP contribution in [0.2, 0.25) is 0 Å². The summed E-state index contributed by atoms with van der Waals surface area (Å²) in [5, 5.41) is 0. The van der Waals surface area contributed by atoms with Gasteiger partial charge in [0.25, 0.3) is 0 Å². The largest absolute Gasteiger partial charge is 0.340 e. The van der Waals surface area contributed by atoms with Crippen LogP contribution >= 0.6 is 0 Å². The number of rotatable bonds is 4. The summed E-state index contributed by atoms with van der Waals surface area (Å²) >= 11 is 0. The van der Waals surface area contributed by atoms with Crippen LogP contribution in [0, 0.1) is 5.92 Å². The van der Waals surface area contributed by atoms with Crippen LogP contribution in [0.15, 0.2) is 30.9 Å². The highest BCUT2D eigenvalue weighted by Gasteiger charge is 2.29. The smallest absolute Gasteiger partial charge is 0.225 e. The van der Waals surface area contributed by atoms with Gasteiger partial charge in [-0.2, -0.15) is 0 Å². The monoisotopic (exact) mass is 257 g/mol. The first-order valence-corrected chi connectivity index (χ1v) is 6.77. The molecule has 0 bridgehead atoms. The van der Waals surface area contributed by atoms with Gasteiger partial charge in [-0.25, -0.2) is 15.0 Å². The molecular formula is C14H19N5. The second-order valence-corrected chi connectivity index (χ2v) is 5.41. The Morgan fingerprint density at radius 3 is 2.58 bits per heavy atom. The first-order chi connectivity index (χ1) is 9.24. The van der Waals surface area contributed by atoms with Gasteiger partial charge in [0, 0.05) is 56.3 Å². The predicted octanol–water partition coefficient (Wildman–Crippen LogP) is 1.93. The number of aromatic nitrogens is 4. The molecule has 2 aromatic heterocycles. The lowest BCUT2D eigenvalue weighted by atomic mass is 10.0. The van der Waals surface area contributed by atoms with Crippen LogP contribution in [0.3, 0.4) is 0 Å². The second-order valence-electron chi connectivity index (χ2n) is 5.41. The summed E-state index contributed by atoms with van der Waals surface area (Å²) in [5.41, 5.74) is 0. The Morgan fingerprint density at radius 1 is 1.16 bits per heavy atom. The van der Waals surface area contributed by atoms with Gasteiger partial charge in [0.1, 0.15) is 5.82 Å². The molecule has 5 nitrogen and oxygen atoms in total. The quantitative estimate of drug-likeness (QED) is 0.839. The topological polar surface area (TPSA) is 46.8 Å². The van der Waals surface area contributed by atoms with Gasteiger partial charge < -0.3 is 9.47 Å². The Balaban J connectivity index is 1.58. The van der Waals surface area contributed by atoms with Crippen LogP contribution in [0.25, 0.3) is 0 Å². The van der Waals surface area contributed by atoms with E-state index in [1.165, 1.54) is 5.82 Å². The second kappa shape index (κ2) is 4.99. The van der Waals surface area contributed by atoms with Crippen LogP contribution in [-0.4, -0.2) is 32.6 Å². The molecule has 0 saturated carbocycles. The lowest BCUT2D eigenvalue weighted by Crippen LogP contribution is -2.49. The molecule has 0 aliphatic carbocycles. The third-order valence-corrected chi connectivity index (χ3v) is 3.51. The van der Waals surface area contributed by atoms with E-state index < -0.39 is 0 Å². The average Bonchev–Trinajstić information content (AvgIpc) is 2.82. The molecule has 100 valence electrons. The van der Waals surface area contributed by atoms with Crippen molar-refractivity contribution in [1.82, 2.24) is 19.5 Å². The fourth-order valence-corrected chi connectivity index (χ4v) is 2.56. The van der Waals surface area contributed by atoms with Crippen molar-refractivity contribution in [1.29, 1.82) is 0 Å². The molecule has 1 fully saturated rings. The summed E-state index contributed by atoms with van der Waals surface area (Å²) in [6.07, 6.45) is 7.56. The van der Waals surface area contributed by atoms with Crippen molar-refractivity contribution in [2.45, 2.75) is 26.3 Å². The van der Waals surface area contributed by atoms with Gasteiger partial charge >= 0.3 is 0 Å². The summed E-state index contributed by atoms with van der Waals surface area (Å²) in [7, 11) is 0. The van der Waals surface area contributed by atoms with Crippen molar-refractivity contribution >= 4 is 5.95 Å². The van der Waals surface area contributed by atoms with Crippen molar-refractivity contribution < 1.29 is 0 Å². The summed E-state index contributed by atoms with van der Waals surface area (Å²) in [6, 6.07) is 1.85. The van der Waals surface area contributed by atoms with Crippen LogP contribution in [0.1, 0.15) is 25.6 Å². The highest BCUT2D eigenvalue weighted by atomic mass is 15.3. The highest BCUT2D eigenvalue weighted by molar-refractivity contribution is 5.32. The minimum atomic E-state index is 0.476. The van der Waals surface area contributed by atoms with E-state index in [9.17, 15) is 0 Å². The normalized spacial score (nSPS) is 15.8. The van der Waals surface area contributed by atoms with Gasteiger partial charge in [0.2, 0.25) is 5.95 Å². The van der Waals surface area contributed by atoms with Crippen LogP contribution in [0.5, 0.6) is 0 Å². The van der Waals surface area contributed by atoms with E-state index in [-0.39, 0.29) is 0 Å². The number of hydrogen-bond acceptors (Lipinski definition) is 4. The maximum atomic E-state index is 4.43. The average molecular weight is 257 g/mol. The van der Waals surface area contributed by atoms with E-state index in [0.29, 0.717) is 11.8 Å². The first kappa shape index (κ1) is 12.1. The minimum absolute atomic E-state index is 0.476. The van der Waals surface area contributed by atoms with Gasteiger partial charge in [-0.3, -0.25) is 0 Å². The lowest BCUT2D eigenvalue weighted by Gasteiger charge is -2.39. The van der Waals surface area contributed by atoms with E-state index in [4.69, 9.17) is 0 Å². The molecule has 1 saturated heterocycles. The molecule has 0 radical (unpaired) electrons. The lowest BCUT2D eigenvalue weighted by molar-refractivity contribution is 0.346. The Bertz CT molecular complexity index is 528. The molecule has 3 rings (SSSR count). The van der Waals surface area contributed by atoms with Crippen LogP contribution < -0.4 is 4.90 Å². The third-order valence-electron chi connectivity index (χ3n) is 3.51. The Kier molecular flexibility index (Phi) is 3.19. The molecule has 5 heteroatoms. The molecular weight excluding hydrogens is 238 g/mol. The molecule has 0 unspecified atom stereocenters. The van der Waals surface area contributed by atoms with Gasteiger partial charge in [-0.05, 0) is 6.07 Å². The van der Waals surface area contributed by atoms with E-state index >= 15 is 0 Å². The molecule has 0 atom stereocenters. The highest BCUT2D eigenvalue weighted by Crippen LogP contribution is 2.23. The molecule has 0 N–H and O–H groups in total. The summed E-state index contributed by atoms with van der Waals surface area (Å²) in [4.78, 5) is 15.2. The molecule has 0 aromatic carbocycles. The summed E-state index contributed by atoms with van der Waals surface area (Å²) in [6.45, 7) is 7.46. The van der Waals surface area contributed by atoms with Crippen molar-refractivity contribution in [2.75, 3.05) is 18.0 Å². The van der Waals surface area contributed by atoms with Gasteiger partial charge in [0.05, 0.1) is 0 Å². The maximum Gasteiger partial charge on any atom is 0.225 e.